The fourth-order valence-corrected chi connectivity index (χ4v) is 3.48. The Morgan fingerprint density at radius 2 is 1.80 bits per heavy atom. The van der Waals surface area contributed by atoms with Gasteiger partial charge in [0.05, 0.1) is 16.0 Å². The molecule has 25 heavy (non-hydrogen) atoms. The first-order chi connectivity index (χ1) is 12.0. The van der Waals surface area contributed by atoms with Crippen molar-refractivity contribution in [2.75, 3.05) is 6.54 Å². The van der Waals surface area contributed by atoms with Gasteiger partial charge in [0, 0.05) is 23.7 Å². The number of hydrogen-bond donors (Lipinski definition) is 2. The molecule has 4 rings (SSSR count). The molecule has 2 nitrogen and oxygen atoms in total. The van der Waals surface area contributed by atoms with Gasteiger partial charge in [-0.1, -0.05) is 19.9 Å². The minimum Gasteiger partial charge on any atom is -0.354 e. The van der Waals surface area contributed by atoms with Crippen molar-refractivity contribution in [3.8, 4) is 0 Å². The van der Waals surface area contributed by atoms with Gasteiger partial charge < -0.3 is 10.3 Å². The molecule has 3 aromatic rings. The number of aromatic amines is 1. The van der Waals surface area contributed by atoms with E-state index in [-0.39, 0.29) is 11.9 Å². The quantitative estimate of drug-likeness (QED) is 0.536. The number of H-pyrrole nitrogens is 1. The summed E-state index contributed by atoms with van der Waals surface area (Å²) >= 11 is 3.14. The summed E-state index contributed by atoms with van der Waals surface area (Å²) in [4.78, 5) is 3.06. The van der Waals surface area contributed by atoms with E-state index in [1.54, 1.807) is 6.07 Å². The van der Waals surface area contributed by atoms with Gasteiger partial charge in [-0.2, -0.15) is 0 Å². The number of rotatable bonds is 1. The predicted octanol–water partition coefficient (Wildman–Crippen LogP) is 5.61. The lowest BCUT2D eigenvalue weighted by molar-refractivity contribution is 0.552. The fraction of sp³-hybridized carbons (Fsp3) is 0.263. The van der Waals surface area contributed by atoms with Gasteiger partial charge in [0.1, 0.15) is 17.5 Å². The first kappa shape index (κ1) is 18.0. The van der Waals surface area contributed by atoms with Crippen LogP contribution in [-0.2, 0) is 6.42 Å². The molecule has 0 amide bonds. The van der Waals surface area contributed by atoms with Crippen molar-refractivity contribution >= 4 is 26.8 Å². The van der Waals surface area contributed by atoms with Crippen LogP contribution in [0.1, 0.15) is 36.7 Å². The molecule has 1 aliphatic rings. The summed E-state index contributed by atoms with van der Waals surface area (Å²) in [6.45, 7) is 4.65. The highest BCUT2D eigenvalue weighted by atomic mass is 79.9. The molecule has 0 spiro atoms. The van der Waals surface area contributed by atoms with Crippen LogP contribution < -0.4 is 5.32 Å². The van der Waals surface area contributed by atoms with Gasteiger partial charge in [0.15, 0.2) is 0 Å². The van der Waals surface area contributed by atoms with Crippen molar-refractivity contribution in [1.29, 1.82) is 0 Å². The molecule has 0 saturated heterocycles. The average molecular weight is 411 g/mol. The van der Waals surface area contributed by atoms with Gasteiger partial charge in [-0.05, 0) is 51.7 Å². The zero-order valence-electron chi connectivity index (χ0n) is 13.9. The molecule has 0 saturated carbocycles. The molecule has 0 aliphatic carbocycles. The van der Waals surface area contributed by atoms with Gasteiger partial charge >= 0.3 is 0 Å². The first-order valence-electron chi connectivity index (χ1n) is 8.22. The van der Waals surface area contributed by atoms with E-state index in [2.05, 4.69) is 26.2 Å². The summed E-state index contributed by atoms with van der Waals surface area (Å²) in [5, 5.41) is 3.86. The highest BCUT2D eigenvalue weighted by Gasteiger charge is 2.27. The third kappa shape index (κ3) is 3.20. The molecule has 1 aliphatic heterocycles. The van der Waals surface area contributed by atoms with Crippen molar-refractivity contribution in [1.82, 2.24) is 10.3 Å². The third-order valence-electron chi connectivity index (χ3n) is 4.25. The summed E-state index contributed by atoms with van der Waals surface area (Å²) in [5.74, 6) is -1.57. The Morgan fingerprint density at radius 1 is 1.04 bits per heavy atom. The van der Waals surface area contributed by atoms with Crippen LogP contribution in [-0.4, -0.2) is 11.5 Å². The lowest BCUT2D eigenvalue weighted by Gasteiger charge is -2.25. The van der Waals surface area contributed by atoms with E-state index in [9.17, 15) is 13.2 Å². The Labute approximate surface area is 152 Å². The average Bonchev–Trinajstić information content (AvgIpc) is 2.98. The molecule has 2 N–H and O–H groups in total. The molecule has 0 fully saturated rings. The number of halogens is 4. The molecule has 0 radical (unpaired) electrons. The van der Waals surface area contributed by atoms with Gasteiger partial charge in [-0.15, -0.1) is 0 Å². The SMILES string of the molecule is CC.Fc1cc(F)c2[nH]c3c(c2c1)CCNC3c1ccc(Br)c(F)c1. The number of benzene rings is 2. The second-order valence-electron chi connectivity index (χ2n) is 5.64. The number of nitrogens with one attached hydrogen (secondary N) is 2. The monoisotopic (exact) mass is 410 g/mol. The smallest absolute Gasteiger partial charge is 0.150 e. The Balaban J connectivity index is 0.000000880. The maximum atomic E-state index is 14.0. The van der Waals surface area contributed by atoms with Crippen molar-refractivity contribution in [3.63, 3.8) is 0 Å². The van der Waals surface area contributed by atoms with E-state index in [1.807, 2.05) is 19.9 Å². The molecular formula is C19H18BrF3N2. The van der Waals surface area contributed by atoms with E-state index in [1.165, 1.54) is 12.1 Å². The molecule has 2 aromatic carbocycles. The zero-order valence-corrected chi connectivity index (χ0v) is 15.5. The molecule has 2 heterocycles. The lowest BCUT2D eigenvalue weighted by Crippen LogP contribution is -2.30. The topological polar surface area (TPSA) is 27.8 Å². The van der Waals surface area contributed by atoms with Crippen molar-refractivity contribution in [3.05, 3.63) is 69.1 Å². The van der Waals surface area contributed by atoms with E-state index < -0.39 is 11.6 Å². The first-order valence-corrected chi connectivity index (χ1v) is 9.01. The fourth-order valence-electron chi connectivity index (χ4n) is 3.23. The van der Waals surface area contributed by atoms with Crippen LogP contribution in [0.5, 0.6) is 0 Å². The highest BCUT2D eigenvalue weighted by Crippen LogP contribution is 2.35. The standard InChI is InChI=1S/C17H12BrF3N2.C2H6/c18-12-2-1-8(5-13(12)20)15-17-10(3-4-22-15)11-6-9(19)7-14(21)16(11)23-17;1-2/h1-2,5-7,15,22-23H,3-4H2;1-2H3. The van der Waals surface area contributed by atoms with E-state index in [0.717, 1.165) is 22.9 Å². The summed E-state index contributed by atoms with van der Waals surface area (Å²) in [6.07, 6.45) is 0.660. The van der Waals surface area contributed by atoms with E-state index in [0.29, 0.717) is 28.3 Å². The summed E-state index contributed by atoms with van der Waals surface area (Å²) in [6, 6.07) is 6.83. The van der Waals surface area contributed by atoms with Crippen LogP contribution in [0.4, 0.5) is 13.2 Å². The van der Waals surface area contributed by atoms with Crippen LogP contribution in [0.15, 0.2) is 34.8 Å². The highest BCUT2D eigenvalue weighted by molar-refractivity contribution is 9.10. The second kappa shape index (κ2) is 7.22. The Hall–Kier alpha value is -1.79. The van der Waals surface area contributed by atoms with Crippen molar-refractivity contribution < 1.29 is 13.2 Å². The van der Waals surface area contributed by atoms with Gasteiger partial charge in [-0.25, -0.2) is 13.2 Å². The van der Waals surface area contributed by atoms with Crippen molar-refractivity contribution in [2.45, 2.75) is 26.3 Å². The molecule has 132 valence electrons. The minimum absolute atomic E-state index is 0.281. The summed E-state index contributed by atoms with van der Waals surface area (Å²) < 4.78 is 41.8. The predicted molar refractivity (Wildman–Crippen MR) is 97.2 cm³/mol. The number of aromatic nitrogens is 1. The number of hydrogen-bond acceptors (Lipinski definition) is 1. The lowest BCUT2D eigenvalue weighted by atomic mass is 9.94. The van der Waals surface area contributed by atoms with Crippen molar-refractivity contribution in [2.24, 2.45) is 0 Å². The summed E-state index contributed by atoms with van der Waals surface area (Å²) in [5.41, 5.74) is 2.67. The van der Waals surface area contributed by atoms with E-state index in [4.69, 9.17) is 0 Å². The third-order valence-corrected chi connectivity index (χ3v) is 4.90. The maximum Gasteiger partial charge on any atom is 0.150 e. The van der Waals surface area contributed by atoms with Crippen LogP contribution in [0.3, 0.4) is 0 Å². The van der Waals surface area contributed by atoms with Crippen LogP contribution >= 0.6 is 15.9 Å². The maximum absolute atomic E-state index is 14.0. The molecule has 6 heteroatoms. The van der Waals surface area contributed by atoms with Crippen LogP contribution in [0.25, 0.3) is 10.9 Å². The molecule has 1 unspecified atom stereocenters. The number of fused-ring (bicyclic) bond motifs is 3. The van der Waals surface area contributed by atoms with Crippen LogP contribution in [0, 0.1) is 17.5 Å². The molecule has 1 aromatic heterocycles. The summed E-state index contributed by atoms with van der Waals surface area (Å²) in [7, 11) is 0. The molecule has 1 atom stereocenters. The second-order valence-corrected chi connectivity index (χ2v) is 6.49. The van der Waals surface area contributed by atoms with Gasteiger partial charge in [-0.3, -0.25) is 0 Å². The molecule has 0 bridgehead atoms. The normalized spacial score (nSPS) is 16.3. The minimum atomic E-state index is -0.616. The van der Waals surface area contributed by atoms with Gasteiger partial charge in [0.25, 0.3) is 0 Å². The van der Waals surface area contributed by atoms with Crippen LogP contribution in [0.2, 0.25) is 0 Å². The Bertz CT molecular complexity index is 921. The van der Waals surface area contributed by atoms with E-state index >= 15 is 0 Å². The largest absolute Gasteiger partial charge is 0.354 e. The zero-order chi connectivity index (χ0) is 18.1. The van der Waals surface area contributed by atoms with Gasteiger partial charge in [0.2, 0.25) is 0 Å². The molecular weight excluding hydrogens is 393 g/mol. The Kier molecular flexibility index (Phi) is 5.20. The Morgan fingerprint density at radius 3 is 2.52 bits per heavy atom.